The van der Waals surface area contributed by atoms with Gasteiger partial charge in [0.25, 0.3) is 41.8 Å². The van der Waals surface area contributed by atoms with Gasteiger partial charge in [0, 0.05) is 48.4 Å². The van der Waals surface area contributed by atoms with Gasteiger partial charge in [-0.1, -0.05) is 62.4 Å². The van der Waals surface area contributed by atoms with Gasteiger partial charge in [0.2, 0.25) is 17.7 Å². The van der Waals surface area contributed by atoms with Crippen LogP contribution in [-0.2, 0) is 94.0 Å². The van der Waals surface area contributed by atoms with E-state index < -0.39 is 233 Å². The molecule has 0 spiro atoms. The summed E-state index contributed by atoms with van der Waals surface area (Å²) in [6.07, 6.45) is -19.9. The van der Waals surface area contributed by atoms with Crippen molar-refractivity contribution < 1.29 is 136 Å². The molecule has 5 aromatic rings. The Balaban J connectivity index is 0.845. The Morgan fingerprint density at radius 2 is 1.35 bits per heavy atom. The van der Waals surface area contributed by atoms with Crippen LogP contribution in [0.5, 0.6) is 0 Å². The molecule has 38 nitrogen and oxygen atoms in total. The van der Waals surface area contributed by atoms with Crippen LogP contribution < -0.4 is 37.8 Å². The molecule has 16 N–H and O–H groups in total. The highest BCUT2D eigenvalue weighted by molar-refractivity contribution is 7.87. The second kappa shape index (κ2) is 36.1. The Hall–Kier alpha value is -8.31. The largest absolute Gasteiger partial charge is 0.479 e. The lowest BCUT2D eigenvalue weighted by Crippen LogP contribution is -2.65. The number of ether oxygens (including phenoxy) is 8. The third-order valence-electron chi connectivity index (χ3n) is 18.0. The van der Waals surface area contributed by atoms with Crippen LogP contribution in [0.1, 0.15) is 84.7 Å². The van der Waals surface area contributed by atoms with Crippen molar-refractivity contribution in [3.05, 3.63) is 123 Å². The number of carboxylic acids is 1. The van der Waals surface area contributed by atoms with Crippen molar-refractivity contribution in [3.63, 3.8) is 0 Å². The minimum Gasteiger partial charge on any atom is -0.479 e. The molecule has 2 aliphatic heterocycles. The van der Waals surface area contributed by atoms with Crippen molar-refractivity contribution in [2.24, 2.45) is 11.8 Å². The molecule has 580 valence electrons. The number of rotatable bonds is 32. The Morgan fingerprint density at radius 1 is 0.679 bits per heavy atom. The first-order valence-corrected chi connectivity index (χ1v) is 37.6. The van der Waals surface area contributed by atoms with Gasteiger partial charge >= 0.3 is 17.6 Å². The van der Waals surface area contributed by atoms with E-state index in [2.05, 4.69) is 31.6 Å². The van der Waals surface area contributed by atoms with Crippen molar-refractivity contribution in [2.45, 2.75) is 165 Å². The number of carbonyl (C=O) groups is 6. The summed E-state index contributed by atoms with van der Waals surface area (Å²) in [6.45, 7) is -1.81. The van der Waals surface area contributed by atoms with Gasteiger partial charge in [0.15, 0.2) is 24.8 Å². The number of carboxylic acid groups (broad SMARTS) is 1. The van der Waals surface area contributed by atoms with E-state index in [-0.39, 0.29) is 62.1 Å². The lowest BCUT2D eigenvalue weighted by Gasteiger charge is -2.48. The number of nitrogens with one attached hydrogen (secondary N) is 7. The summed E-state index contributed by atoms with van der Waals surface area (Å²) in [4.78, 5) is 108. The van der Waals surface area contributed by atoms with Gasteiger partial charge in [-0.15, -0.1) is 0 Å². The zero-order chi connectivity index (χ0) is 76.9. The van der Waals surface area contributed by atoms with Gasteiger partial charge < -0.3 is 100 Å². The molecule has 9 rings (SSSR count). The molecule has 15 atom stereocenters. The second-order valence-electron chi connectivity index (χ2n) is 25.6. The van der Waals surface area contributed by atoms with Crippen LogP contribution in [0, 0.1) is 11.8 Å². The fourth-order valence-electron chi connectivity index (χ4n) is 12.7. The van der Waals surface area contributed by atoms with Gasteiger partial charge in [-0.2, -0.15) is 25.3 Å². The third-order valence-corrected chi connectivity index (χ3v) is 20.5. The number of H-pyrrole nitrogens is 2. The molecule has 4 aliphatic rings. The maximum Gasteiger partial charge on any atom is 0.338 e. The summed E-state index contributed by atoms with van der Waals surface area (Å²) >= 11 is 0. The van der Waals surface area contributed by atoms with Gasteiger partial charge in [-0.05, 0) is 91.6 Å². The lowest BCUT2D eigenvalue weighted by molar-refractivity contribution is -0.347. The molecule has 4 fully saturated rings. The van der Waals surface area contributed by atoms with E-state index in [1.165, 1.54) is 49.4 Å². The number of carbonyl (C=O) groups excluding carboxylic acids is 5. The van der Waals surface area contributed by atoms with Crippen molar-refractivity contribution in [1.82, 2.24) is 25.9 Å². The predicted octanol–water partition coefficient (Wildman–Crippen LogP) is -1.31. The summed E-state index contributed by atoms with van der Waals surface area (Å²) in [7, 11) is -15.4. The van der Waals surface area contributed by atoms with E-state index in [0.717, 1.165) is 43.5 Å². The van der Waals surface area contributed by atoms with Crippen LogP contribution in [0.2, 0.25) is 0 Å². The number of aliphatic hydroxyl groups excluding tert-OH is 5. The van der Waals surface area contributed by atoms with Gasteiger partial charge in [-0.25, -0.2) is 14.4 Å². The first-order valence-electron chi connectivity index (χ1n) is 33.3. The normalized spacial score (nSPS) is 25.5. The number of fused-ring (bicyclic) bond motifs is 1. The molecule has 1 aromatic heterocycles. The molecule has 15 unspecified atom stereocenters. The number of esters is 1. The first-order chi connectivity index (χ1) is 50.1. The smallest absolute Gasteiger partial charge is 0.338 e. The molecule has 0 bridgehead atoms. The Kier molecular flexibility index (Phi) is 27.8. The Morgan fingerprint density at radius 3 is 2.00 bits per heavy atom. The topological polar surface area (TPSA) is 587 Å². The summed E-state index contributed by atoms with van der Waals surface area (Å²) in [5.74, 6) is -7.12. The third kappa shape index (κ3) is 21.7. The van der Waals surface area contributed by atoms with Crippen molar-refractivity contribution in [1.29, 1.82) is 0 Å². The number of hydrogen-bond donors (Lipinski definition) is 16. The van der Waals surface area contributed by atoms with Gasteiger partial charge in [-0.3, -0.25) is 42.6 Å². The molecule has 4 aromatic carbocycles. The quantitative estimate of drug-likeness (QED) is 0.0135. The molecule has 2 aliphatic carbocycles. The highest BCUT2D eigenvalue weighted by Gasteiger charge is 2.55. The second-order valence-corrected chi connectivity index (χ2v) is 29.8. The van der Waals surface area contributed by atoms with E-state index in [4.69, 9.17) is 37.9 Å². The van der Waals surface area contributed by atoms with E-state index in [9.17, 15) is 108 Å². The van der Waals surface area contributed by atoms with E-state index in [1.54, 1.807) is 12.1 Å². The monoisotopic (exact) mass is 1550 g/mol. The van der Waals surface area contributed by atoms with Crippen LogP contribution in [0.15, 0.2) is 109 Å². The summed E-state index contributed by atoms with van der Waals surface area (Å²) < 4.78 is 151. The fraction of sp³-hybridized carbons (Fsp3) is 0.508. The molecule has 4 amide bonds. The molecule has 2 saturated heterocycles. The van der Waals surface area contributed by atoms with E-state index in [1.807, 2.05) is 4.98 Å². The average Bonchev–Trinajstić information content (AvgIpc) is 0.758. The van der Waals surface area contributed by atoms with Crippen LogP contribution >= 0.6 is 0 Å². The number of hydrogen-bond acceptors (Lipinski definition) is 28. The zero-order valence-electron chi connectivity index (χ0n) is 56.4. The number of amides is 4. The lowest BCUT2D eigenvalue weighted by atomic mass is 9.80. The van der Waals surface area contributed by atoms with Crippen molar-refractivity contribution in [2.75, 3.05) is 56.8 Å². The summed E-state index contributed by atoms with van der Waals surface area (Å²) in [5.41, 5.74) is -2.44. The number of anilines is 2. The SMILES string of the molecule is CC1OC(OC2C(NC(=O)c3cc(=O)[nH]c(=O)[nH]3)CC(C(=O)NCCNC(=O)COCCOCC(=O)Nc3cccc(CNc4cc(S(=O)(=O)O)cc5cc(S(=O)(=O)O)cc(S(=O)(=O)O)c45)c3)CC2OC2OC(CO)C(O)C(OC(CC3CCCCC3)C(=O)O)C2OC(=O)c2ccccc2)C(O)C(O)C1O. The molecule has 41 heteroatoms. The zero-order valence-corrected chi connectivity index (χ0v) is 58.8. The van der Waals surface area contributed by atoms with Crippen LogP contribution in [0.25, 0.3) is 10.8 Å². The maximum atomic E-state index is 14.5. The fourth-order valence-corrected chi connectivity index (χ4v) is 14.7. The average molecular weight is 1550 g/mol. The molecular weight excluding hydrogens is 1470 g/mol. The highest BCUT2D eigenvalue weighted by atomic mass is 32.2. The van der Waals surface area contributed by atoms with Crippen LogP contribution in [0.4, 0.5) is 11.4 Å². The summed E-state index contributed by atoms with van der Waals surface area (Å²) in [6, 6.07) is 15.3. The maximum absolute atomic E-state index is 14.5. The highest BCUT2D eigenvalue weighted by Crippen LogP contribution is 2.40. The van der Waals surface area contributed by atoms with Crippen LogP contribution in [0.3, 0.4) is 0 Å². The predicted molar refractivity (Wildman–Crippen MR) is 362 cm³/mol. The minimum absolute atomic E-state index is 0.0295. The molecule has 3 heterocycles. The molecule has 2 saturated carbocycles. The molecule has 106 heavy (non-hydrogen) atoms. The van der Waals surface area contributed by atoms with Gasteiger partial charge in [0.1, 0.15) is 66.5 Å². The van der Waals surface area contributed by atoms with Crippen molar-refractivity contribution in [3.8, 4) is 0 Å². The number of aromatic nitrogens is 2. The van der Waals surface area contributed by atoms with Gasteiger partial charge in [0.05, 0.1) is 53.4 Å². The van der Waals surface area contributed by atoms with E-state index >= 15 is 0 Å². The summed E-state index contributed by atoms with van der Waals surface area (Å²) in [5, 5.41) is 78.4. The standard InChI is InChI=1S/C65H81N7O31S3/c1-32-52(77)54(79)55(80)63(98-32)103-56-42(70-60(82)43-27-48(74)72-65(86)71-43)23-37(24-44(56)100-64-58(102-62(85)35-12-6-3-7-13-35)57(53(78)46(29-73)101-64)99-45(61(83)84)20-33-9-4-2-5-10-33)59(81)67-16-15-66-49(75)30-96-17-18-97-31-50(76)69-38-14-8-11-34(19-38)28-68-41-25-39(104(87,88)89)21-36-22-40(105(90,91)92)26-47(51(36)41)106(93,94)95/h3,6-8,11-14,19,21-22,25-27,32-33,37,42,44-46,52-58,63-64,68,73,77-80H,2,4-5,9-10,15-18,20,23-24,28-31H2,1H3,(H,66,75)(H,67,81)(H,69,76)(H,70,82)(H,83,84)(H,87,88,89)(H,90,91,92)(H,93,94,95)(H2,71,72,74,86). The number of aliphatic hydroxyl groups is 5. The number of benzene rings is 4. The first kappa shape index (κ1) is 81.8. The Bertz CT molecular complexity index is 4420. The van der Waals surface area contributed by atoms with E-state index in [0.29, 0.717) is 24.5 Å². The number of aliphatic carboxylic acids is 1. The minimum atomic E-state index is -5.24. The number of aromatic amines is 2. The molecular formula is C65H81N7O31S3. The van der Waals surface area contributed by atoms with Crippen LogP contribution in [-0.4, -0.2) is 247 Å². The molecule has 0 radical (unpaired) electrons. The van der Waals surface area contributed by atoms with Crippen molar-refractivity contribution >= 4 is 88.1 Å². The Labute approximate surface area is 604 Å².